The second kappa shape index (κ2) is 3.81. The first-order valence-corrected chi connectivity index (χ1v) is 4.63. The molecule has 0 unspecified atom stereocenters. The predicted octanol–water partition coefficient (Wildman–Crippen LogP) is 2.79. The molecule has 5 nitrogen and oxygen atoms in total. The zero-order valence-electron chi connectivity index (χ0n) is 7.85. The van der Waals surface area contributed by atoms with E-state index in [0.717, 1.165) is 4.57 Å². The van der Waals surface area contributed by atoms with E-state index in [2.05, 4.69) is 4.99 Å². The van der Waals surface area contributed by atoms with Crippen molar-refractivity contribution in [3.63, 3.8) is 0 Å². The van der Waals surface area contributed by atoms with E-state index in [4.69, 9.17) is 16.7 Å². The van der Waals surface area contributed by atoms with E-state index in [-0.39, 0.29) is 5.69 Å². The van der Waals surface area contributed by atoms with E-state index >= 15 is 0 Å². The van der Waals surface area contributed by atoms with Crippen molar-refractivity contribution < 1.29 is 14.7 Å². The van der Waals surface area contributed by atoms with Crippen LogP contribution >= 0.6 is 11.6 Å². The standard InChI is InChI=1S/C10H5ClN2O3/c11-6-1-2-7-8(12-5-14)4-13(10(15)16)9(7)3-6/h1-4H,(H,15,16). The van der Waals surface area contributed by atoms with Gasteiger partial charge in [-0.2, -0.15) is 4.99 Å². The molecule has 2 aromatic rings. The zero-order valence-corrected chi connectivity index (χ0v) is 8.60. The van der Waals surface area contributed by atoms with Gasteiger partial charge in [0.05, 0.1) is 5.52 Å². The van der Waals surface area contributed by atoms with Gasteiger partial charge < -0.3 is 5.11 Å². The number of fused-ring (bicyclic) bond motifs is 1. The van der Waals surface area contributed by atoms with Crippen LogP contribution in [0.1, 0.15) is 0 Å². The molecule has 0 saturated heterocycles. The smallest absolute Gasteiger partial charge is 0.416 e. The van der Waals surface area contributed by atoms with Crippen LogP contribution in [-0.2, 0) is 4.79 Å². The Bertz CT molecular complexity index is 626. The summed E-state index contributed by atoms with van der Waals surface area (Å²) >= 11 is 5.77. The van der Waals surface area contributed by atoms with Gasteiger partial charge in [0.25, 0.3) is 0 Å². The Morgan fingerprint density at radius 3 is 2.88 bits per heavy atom. The molecule has 1 aromatic heterocycles. The summed E-state index contributed by atoms with van der Waals surface area (Å²) in [7, 11) is 0. The van der Waals surface area contributed by atoms with Gasteiger partial charge in [0.15, 0.2) is 0 Å². The lowest BCUT2D eigenvalue weighted by molar-refractivity contribution is 0.197. The summed E-state index contributed by atoms with van der Waals surface area (Å²) in [4.78, 5) is 24.5. The van der Waals surface area contributed by atoms with Gasteiger partial charge in [-0.15, -0.1) is 0 Å². The maximum Gasteiger partial charge on any atom is 0.416 e. The number of hydrogen-bond acceptors (Lipinski definition) is 3. The molecule has 16 heavy (non-hydrogen) atoms. The molecule has 0 fully saturated rings. The fourth-order valence-electron chi connectivity index (χ4n) is 1.48. The molecule has 0 saturated carbocycles. The van der Waals surface area contributed by atoms with E-state index in [0.29, 0.717) is 15.9 Å². The van der Waals surface area contributed by atoms with Crippen molar-refractivity contribution in [1.82, 2.24) is 4.57 Å². The van der Waals surface area contributed by atoms with Gasteiger partial charge in [0.1, 0.15) is 5.69 Å². The number of carbonyl (C=O) groups is 1. The molecule has 0 radical (unpaired) electrons. The van der Waals surface area contributed by atoms with Crippen molar-refractivity contribution >= 4 is 40.4 Å². The van der Waals surface area contributed by atoms with Crippen molar-refractivity contribution in [1.29, 1.82) is 0 Å². The molecule has 0 aliphatic rings. The van der Waals surface area contributed by atoms with Gasteiger partial charge in [-0.05, 0) is 18.2 Å². The van der Waals surface area contributed by atoms with Crippen LogP contribution in [0.15, 0.2) is 29.4 Å². The van der Waals surface area contributed by atoms with Crippen molar-refractivity contribution in [3.05, 3.63) is 29.4 Å². The zero-order chi connectivity index (χ0) is 11.7. The Balaban J connectivity index is 2.86. The lowest BCUT2D eigenvalue weighted by Gasteiger charge is -1.97. The molecule has 6 heteroatoms. The summed E-state index contributed by atoms with van der Waals surface area (Å²) in [6.07, 6.45) is 1.46. The number of isocyanates is 1. The third-order valence-corrected chi connectivity index (χ3v) is 2.35. The minimum atomic E-state index is -1.17. The Hall–Kier alpha value is -2.10. The number of benzene rings is 1. The summed E-state index contributed by atoms with van der Waals surface area (Å²) < 4.78 is 0.956. The average Bonchev–Trinajstić information content (AvgIpc) is 2.57. The number of hydrogen-bond donors (Lipinski definition) is 1. The summed E-state index contributed by atoms with van der Waals surface area (Å²) in [5.74, 6) is 0. The lowest BCUT2D eigenvalue weighted by atomic mass is 10.2. The van der Waals surface area contributed by atoms with Crippen LogP contribution in [-0.4, -0.2) is 21.8 Å². The minimum absolute atomic E-state index is 0.254. The third kappa shape index (κ3) is 1.58. The number of rotatable bonds is 1. The van der Waals surface area contributed by atoms with Crippen molar-refractivity contribution in [3.8, 4) is 0 Å². The van der Waals surface area contributed by atoms with Gasteiger partial charge in [-0.3, -0.25) is 4.57 Å². The molecule has 1 heterocycles. The fraction of sp³-hybridized carbons (Fsp3) is 0. The van der Waals surface area contributed by atoms with Gasteiger partial charge in [0.2, 0.25) is 6.08 Å². The second-order valence-corrected chi connectivity index (χ2v) is 3.47. The van der Waals surface area contributed by atoms with E-state index < -0.39 is 6.09 Å². The molecule has 1 aromatic carbocycles. The fourth-order valence-corrected chi connectivity index (χ4v) is 1.64. The highest BCUT2D eigenvalue weighted by Crippen LogP contribution is 2.30. The summed E-state index contributed by atoms with van der Waals surface area (Å²) in [5.41, 5.74) is 0.637. The van der Waals surface area contributed by atoms with Crippen molar-refractivity contribution in [2.24, 2.45) is 4.99 Å². The first-order chi connectivity index (χ1) is 7.63. The molecule has 0 aliphatic carbocycles. The Kier molecular flexibility index (Phi) is 2.48. The molecule has 1 N–H and O–H groups in total. The highest BCUT2D eigenvalue weighted by Gasteiger charge is 2.12. The Morgan fingerprint density at radius 2 is 2.25 bits per heavy atom. The SMILES string of the molecule is O=C=Nc1cn(C(=O)O)c2cc(Cl)ccc12. The van der Waals surface area contributed by atoms with E-state index in [9.17, 15) is 9.59 Å². The molecule has 80 valence electrons. The van der Waals surface area contributed by atoms with E-state index in [1.54, 1.807) is 12.1 Å². The topological polar surface area (TPSA) is 71.7 Å². The molecular formula is C10H5ClN2O3. The van der Waals surface area contributed by atoms with E-state index in [1.807, 2.05) is 0 Å². The van der Waals surface area contributed by atoms with Crippen LogP contribution < -0.4 is 0 Å². The van der Waals surface area contributed by atoms with Crippen LogP contribution in [0.25, 0.3) is 10.9 Å². The number of aliphatic imine (C=N–C) groups is 1. The quantitative estimate of drug-likeness (QED) is 0.611. The lowest BCUT2D eigenvalue weighted by Crippen LogP contribution is -2.05. The first kappa shape index (κ1) is 10.4. The summed E-state index contributed by atoms with van der Waals surface area (Å²) in [6.45, 7) is 0. The maximum atomic E-state index is 10.9. The molecular weight excluding hydrogens is 232 g/mol. The normalized spacial score (nSPS) is 10.1. The first-order valence-electron chi connectivity index (χ1n) is 4.25. The summed E-state index contributed by atoms with van der Waals surface area (Å²) in [6, 6.07) is 4.70. The Labute approximate surface area is 94.6 Å². The van der Waals surface area contributed by atoms with Gasteiger partial charge in [-0.25, -0.2) is 9.59 Å². The van der Waals surface area contributed by atoms with Crippen LogP contribution in [0.2, 0.25) is 5.02 Å². The van der Waals surface area contributed by atoms with Crippen molar-refractivity contribution in [2.45, 2.75) is 0 Å². The number of carbonyl (C=O) groups excluding carboxylic acids is 1. The van der Waals surface area contributed by atoms with Gasteiger partial charge in [0, 0.05) is 16.6 Å². The average molecular weight is 237 g/mol. The number of aromatic nitrogens is 1. The number of nitrogens with zero attached hydrogens (tertiary/aromatic N) is 2. The monoisotopic (exact) mass is 236 g/mol. The Morgan fingerprint density at radius 1 is 1.50 bits per heavy atom. The second-order valence-electron chi connectivity index (χ2n) is 3.03. The van der Waals surface area contributed by atoms with Crippen LogP contribution in [0.3, 0.4) is 0 Å². The van der Waals surface area contributed by atoms with Crippen LogP contribution in [0, 0.1) is 0 Å². The number of halogens is 1. The van der Waals surface area contributed by atoms with Gasteiger partial charge >= 0.3 is 6.09 Å². The highest BCUT2D eigenvalue weighted by molar-refractivity contribution is 6.31. The third-order valence-electron chi connectivity index (χ3n) is 2.12. The van der Waals surface area contributed by atoms with Crippen molar-refractivity contribution in [2.75, 3.05) is 0 Å². The molecule has 0 aliphatic heterocycles. The molecule has 0 bridgehead atoms. The summed E-state index contributed by atoms with van der Waals surface area (Å²) in [5, 5.41) is 9.88. The molecule has 0 atom stereocenters. The predicted molar refractivity (Wildman–Crippen MR) is 58.2 cm³/mol. The van der Waals surface area contributed by atoms with Gasteiger partial charge in [-0.1, -0.05) is 11.6 Å². The molecule has 0 spiro atoms. The minimum Gasteiger partial charge on any atom is -0.464 e. The van der Waals surface area contributed by atoms with Crippen LogP contribution in [0.4, 0.5) is 10.5 Å². The largest absolute Gasteiger partial charge is 0.464 e. The molecule has 2 rings (SSSR count). The van der Waals surface area contributed by atoms with Crippen LogP contribution in [0.5, 0.6) is 0 Å². The molecule has 0 amide bonds. The van der Waals surface area contributed by atoms with E-state index in [1.165, 1.54) is 18.3 Å². The highest BCUT2D eigenvalue weighted by atomic mass is 35.5. The maximum absolute atomic E-state index is 10.9. The number of carboxylic acid groups (broad SMARTS) is 1.